The van der Waals surface area contributed by atoms with Gasteiger partial charge in [0.1, 0.15) is 5.78 Å². The van der Waals surface area contributed by atoms with Crippen LogP contribution in [0, 0.1) is 10.8 Å². The van der Waals surface area contributed by atoms with Gasteiger partial charge in [-0.2, -0.15) is 0 Å². The van der Waals surface area contributed by atoms with E-state index < -0.39 is 0 Å². The van der Waals surface area contributed by atoms with E-state index in [4.69, 9.17) is 0 Å². The van der Waals surface area contributed by atoms with Crippen molar-refractivity contribution in [2.24, 2.45) is 10.8 Å². The quantitative estimate of drug-likeness (QED) is 0.538. The van der Waals surface area contributed by atoms with Crippen molar-refractivity contribution in [3.8, 4) is 0 Å². The second-order valence-electron chi connectivity index (χ2n) is 4.99. The molecule has 0 N–H and O–H groups in total. The first-order valence-electron chi connectivity index (χ1n) is 5.33. The molecule has 0 bridgehead atoms. The number of fused-ring (bicyclic) bond motifs is 1. The van der Waals surface area contributed by atoms with Crippen LogP contribution in [0.25, 0.3) is 0 Å². The molecule has 0 aromatic carbocycles. The zero-order chi connectivity index (χ0) is 8.23. The summed E-state index contributed by atoms with van der Waals surface area (Å²) in [5.74, 6) is 0.619. The van der Waals surface area contributed by atoms with Crippen molar-refractivity contribution in [3.63, 3.8) is 0 Å². The van der Waals surface area contributed by atoms with Crippen LogP contribution in [0.4, 0.5) is 0 Å². The first kappa shape index (κ1) is 7.11. The molecule has 3 fully saturated rings. The number of rotatable bonds is 0. The lowest BCUT2D eigenvalue weighted by Crippen LogP contribution is -2.50. The van der Waals surface area contributed by atoms with E-state index in [0.29, 0.717) is 11.2 Å². The monoisotopic (exact) mass is 164 g/mol. The minimum atomic E-state index is 0.227. The van der Waals surface area contributed by atoms with E-state index in [-0.39, 0.29) is 5.41 Å². The van der Waals surface area contributed by atoms with Gasteiger partial charge in [-0.3, -0.25) is 4.79 Å². The zero-order valence-electron chi connectivity index (χ0n) is 7.57. The molecule has 0 radical (unpaired) electrons. The summed E-state index contributed by atoms with van der Waals surface area (Å²) in [4.78, 5) is 11.8. The predicted molar refractivity (Wildman–Crippen MR) is 46.8 cm³/mol. The van der Waals surface area contributed by atoms with Crippen LogP contribution in [-0.4, -0.2) is 5.78 Å². The lowest BCUT2D eigenvalue weighted by atomic mass is 9.47. The highest BCUT2D eigenvalue weighted by molar-refractivity contribution is 5.89. The number of carbonyl (C=O) groups is 1. The second-order valence-corrected chi connectivity index (χ2v) is 4.99. The van der Waals surface area contributed by atoms with Crippen molar-refractivity contribution < 1.29 is 4.79 Å². The summed E-state index contributed by atoms with van der Waals surface area (Å²) in [6, 6.07) is 0. The summed E-state index contributed by atoms with van der Waals surface area (Å²) in [5.41, 5.74) is 0.758. The van der Waals surface area contributed by atoms with Gasteiger partial charge in [0.2, 0.25) is 0 Å². The summed E-state index contributed by atoms with van der Waals surface area (Å²) in [6.45, 7) is 0. The zero-order valence-corrected chi connectivity index (χ0v) is 7.57. The maximum absolute atomic E-state index is 11.8. The average molecular weight is 164 g/mol. The van der Waals surface area contributed by atoms with Crippen LogP contribution < -0.4 is 0 Å². The van der Waals surface area contributed by atoms with E-state index in [1.54, 1.807) is 0 Å². The number of hydrogen-bond donors (Lipinski definition) is 0. The molecule has 0 aliphatic heterocycles. The molecule has 3 aliphatic carbocycles. The summed E-state index contributed by atoms with van der Waals surface area (Å²) in [6.07, 6.45) is 10.0. The Labute approximate surface area is 73.5 Å². The second kappa shape index (κ2) is 1.94. The first-order chi connectivity index (χ1) is 5.79. The third kappa shape index (κ3) is 0.541. The fourth-order valence-electron chi connectivity index (χ4n) is 3.80. The highest BCUT2D eigenvalue weighted by atomic mass is 16.1. The molecule has 0 saturated heterocycles. The van der Waals surface area contributed by atoms with Crippen LogP contribution in [0.3, 0.4) is 0 Å². The normalized spacial score (nSPS) is 35.2. The fraction of sp³-hybridized carbons (Fsp3) is 0.909. The average Bonchev–Trinajstić information content (AvgIpc) is 2.19. The Balaban J connectivity index is 1.99. The van der Waals surface area contributed by atoms with Gasteiger partial charge >= 0.3 is 0 Å². The van der Waals surface area contributed by atoms with Crippen LogP contribution >= 0.6 is 0 Å². The molecule has 0 atom stereocenters. The molecule has 1 nitrogen and oxygen atoms in total. The fourth-order valence-corrected chi connectivity index (χ4v) is 3.80. The summed E-state index contributed by atoms with van der Waals surface area (Å²) >= 11 is 0. The minimum Gasteiger partial charge on any atom is -0.299 e. The molecule has 1 heteroatoms. The lowest BCUT2D eigenvalue weighted by Gasteiger charge is -2.56. The molecule has 2 spiro atoms. The van der Waals surface area contributed by atoms with Crippen LogP contribution in [0.1, 0.15) is 51.4 Å². The largest absolute Gasteiger partial charge is 0.299 e. The Hall–Kier alpha value is -0.330. The van der Waals surface area contributed by atoms with Crippen molar-refractivity contribution in [1.82, 2.24) is 0 Å². The van der Waals surface area contributed by atoms with Gasteiger partial charge in [0.05, 0.1) is 0 Å². The van der Waals surface area contributed by atoms with Gasteiger partial charge in [0.25, 0.3) is 0 Å². The SMILES string of the molecule is O=C1CCC2(CCC2)C12CCC2. The van der Waals surface area contributed by atoms with E-state index in [1.807, 2.05) is 0 Å². The molecule has 0 aromatic heterocycles. The smallest absolute Gasteiger partial charge is 0.139 e. The standard InChI is InChI=1S/C11H16O/c12-9-3-8-10(4-1-5-10)11(9)6-2-7-11/h1-8H2. The Bertz CT molecular complexity index is 233. The van der Waals surface area contributed by atoms with E-state index in [0.717, 1.165) is 6.42 Å². The molecule has 12 heavy (non-hydrogen) atoms. The van der Waals surface area contributed by atoms with E-state index in [1.165, 1.54) is 44.9 Å². The number of carbonyl (C=O) groups excluding carboxylic acids is 1. The van der Waals surface area contributed by atoms with Crippen molar-refractivity contribution in [2.45, 2.75) is 51.4 Å². The maximum Gasteiger partial charge on any atom is 0.139 e. The van der Waals surface area contributed by atoms with Crippen molar-refractivity contribution >= 4 is 5.78 Å². The maximum atomic E-state index is 11.8. The van der Waals surface area contributed by atoms with Crippen LogP contribution in [0.5, 0.6) is 0 Å². The molecule has 0 amide bonds. The predicted octanol–water partition coefficient (Wildman–Crippen LogP) is 2.69. The molecule has 3 rings (SSSR count). The first-order valence-corrected chi connectivity index (χ1v) is 5.33. The minimum absolute atomic E-state index is 0.227. The Morgan fingerprint density at radius 3 is 1.92 bits per heavy atom. The highest BCUT2D eigenvalue weighted by Gasteiger charge is 2.64. The summed E-state index contributed by atoms with van der Waals surface area (Å²) < 4.78 is 0. The van der Waals surface area contributed by atoms with Crippen LogP contribution in [-0.2, 0) is 4.79 Å². The molecule has 0 aromatic rings. The Morgan fingerprint density at radius 2 is 1.58 bits per heavy atom. The van der Waals surface area contributed by atoms with E-state index >= 15 is 0 Å². The number of hydrogen-bond acceptors (Lipinski definition) is 1. The van der Waals surface area contributed by atoms with Crippen LogP contribution in [0.2, 0.25) is 0 Å². The van der Waals surface area contributed by atoms with Gasteiger partial charge < -0.3 is 0 Å². The molecule has 0 heterocycles. The molecular formula is C11H16O. The molecule has 3 aliphatic rings. The van der Waals surface area contributed by atoms with Gasteiger partial charge in [0.15, 0.2) is 0 Å². The summed E-state index contributed by atoms with van der Waals surface area (Å²) in [5, 5.41) is 0. The van der Waals surface area contributed by atoms with Gasteiger partial charge in [-0.05, 0) is 37.5 Å². The van der Waals surface area contributed by atoms with Crippen molar-refractivity contribution in [1.29, 1.82) is 0 Å². The lowest BCUT2D eigenvalue weighted by molar-refractivity contribution is -0.143. The summed E-state index contributed by atoms with van der Waals surface area (Å²) in [7, 11) is 0. The molecule has 0 unspecified atom stereocenters. The van der Waals surface area contributed by atoms with Gasteiger partial charge in [-0.25, -0.2) is 0 Å². The van der Waals surface area contributed by atoms with E-state index in [9.17, 15) is 4.79 Å². The number of ketones is 1. The molecule has 3 saturated carbocycles. The Kier molecular flexibility index (Phi) is 1.15. The third-order valence-corrected chi connectivity index (χ3v) is 4.90. The van der Waals surface area contributed by atoms with Crippen LogP contribution in [0.15, 0.2) is 0 Å². The molecule has 66 valence electrons. The number of Topliss-reactive ketones (excluding diaryl/α,β-unsaturated/α-hetero) is 1. The molecular weight excluding hydrogens is 148 g/mol. The van der Waals surface area contributed by atoms with Gasteiger partial charge in [0, 0.05) is 11.8 Å². The Morgan fingerprint density at radius 1 is 0.917 bits per heavy atom. The third-order valence-electron chi connectivity index (χ3n) is 4.90. The van der Waals surface area contributed by atoms with Gasteiger partial charge in [-0.15, -0.1) is 0 Å². The topological polar surface area (TPSA) is 17.1 Å². The van der Waals surface area contributed by atoms with Gasteiger partial charge in [-0.1, -0.05) is 12.8 Å². The van der Waals surface area contributed by atoms with Crippen molar-refractivity contribution in [3.05, 3.63) is 0 Å². The van der Waals surface area contributed by atoms with E-state index in [2.05, 4.69) is 0 Å². The highest BCUT2D eigenvalue weighted by Crippen LogP contribution is 2.69. The van der Waals surface area contributed by atoms with Crippen molar-refractivity contribution in [2.75, 3.05) is 0 Å².